The van der Waals surface area contributed by atoms with Crippen molar-refractivity contribution in [3.63, 3.8) is 0 Å². The number of carbonyl (C=O) groups excluding carboxylic acids is 1. The minimum absolute atomic E-state index is 0.112. The Hall–Kier alpha value is -2.29. The molecule has 1 amide bonds. The topological polar surface area (TPSA) is 84.9 Å². The maximum Gasteiger partial charge on any atom is 0.243 e. The number of amides is 1. The normalized spacial score (nSPS) is 17.6. The minimum Gasteiger partial charge on any atom is -0.497 e. The van der Waals surface area contributed by atoms with Crippen molar-refractivity contribution in [3.05, 3.63) is 47.5 Å². The van der Waals surface area contributed by atoms with E-state index < -0.39 is 22.0 Å². The summed E-state index contributed by atoms with van der Waals surface area (Å²) in [6, 6.07) is 10.2. The van der Waals surface area contributed by atoms with E-state index in [1.165, 1.54) is 42.8 Å². The predicted molar refractivity (Wildman–Crippen MR) is 111 cm³/mol. The second-order valence-corrected chi connectivity index (χ2v) is 8.96. The summed E-state index contributed by atoms with van der Waals surface area (Å²) < 4.78 is 38.1. The van der Waals surface area contributed by atoms with Gasteiger partial charge in [0, 0.05) is 17.6 Å². The molecule has 7 nitrogen and oxygen atoms in total. The molecule has 0 radical (unpaired) electrons. The molecule has 1 N–H and O–H groups in total. The molecule has 1 aliphatic heterocycles. The Morgan fingerprint density at radius 2 is 1.83 bits per heavy atom. The number of carbonyl (C=O) groups is 1. The number of hydrogen-bond donors (Lipinski definition) is 1. The average molecular weight is 439 g/mol. The van der Waals surface area contributed by atoms with Gasteiger partial charge in [0.1, 0.15) is 17.5 Å². The van der Waals surface area contributed by atoms with E-state index in [1.54, 1.807) is 18.2 Å². The second kappa shape index (κ2) is 9.02. The van der Waals surface area contributed by atoms with Crippen molar-refractivity contribution in [2.45, 2.75) is 30.2 Å². The zero-order chi connectivity index (χ0) is 21.0. The van der Waals surface area contributed by atoms with Crippen LogP contribution in [-0.4, -0.2) is 45.4 Å². The minimum atomic E-state index is -3.84. The smallest absolute Gasteiger partial charge is 0.243 e. The number of ether oxygens (including phenoxy) is 2. The Labute approximate surface area is 175 Å². The Morgan fingerprint density at radius 1 is 1.10 bits per heavy atom. The lowest BCUT2D eigenvalue weighted by atomic mass is 10.0. The largest absolute Gasteiger partial charge is 0.497 e. The van der Waals surface area contributed by atoms with E-state index in [4.69, 9.17) is 21.1 Å². The fourth-order valence-electron chi connectivity index (χ4n) is 3.32. The molecule has 29 heavy (non-hydrogen) atoms. The molecule has 1 saturated heterocycles. The van der Waals surface area contributed by atoms with Crippen LogP contribution in [0.5, 0.6) is 11.5 Å². The number of nitrogens with zero attached hydrogens (tertiary/aromatic N) is 1. The Balaban J connectivity index is 1.88. The molecule has 0 unspecified atom stereocenters. The summed E-state index contributed by atoms with van der Waals surface area (Å²) in [5.41, 5.74) is 0.422. The van der Waals surface area contributed by atoms with Crippen molar-refractivity contribution in [2.75, 3.05) is 26.1 Å². The van der Waals surface area contributed by atoms with E-state index in [9.17, 15) is 13.2 Å². The molecule has 1 fully saturated rings. The number of nitrogens with one attached hydrogen (secondary N) is 1. The van der Waals surface area contributed by atoms with Crippen molar-refractivity contribution in [1.29, 1.82) is 0 Å². The highest BCUT2D eigenvalue weighted by molar-refractivity contribution is 7.89. The first kappa shape index (κ1) is 21.4. The number of hydrogen-bond acceptors (Lipinski definition) is 5. The standard InChI is InChI=1S/C20H23ClN2O5S/c1-27-15-8-11-19(28-2)17(13-15)22-20(24)18-5-3-4-12-23(18)29(25,26)16-9-6-14(21)7-10-16/h6-11,13,18H,3-5,12H2,1-2H3,(H,22,24)/t18-/m1/s1. The third-order valence-electron chi connectivity index (χ3n) is 4.84. The van der Waals surface area contributed by atoms with Crippen LogP contribution >= 0.6 is 11.6 Å². The number of methoxy groups -OCH3 is 2. The molecule has 2 aromatic carbocycles. The lowest BCUT2D eigenvalue weighted by Gasteiger charge is -2.33. The monoisotopic (exact) mass is 438 g/mol. The molecule has 0 spiro atoms. The highest BCUT2D eigenvalue weighted by Crippen LogP contribution is 2.31. The fourth-order valence-corrected chi connectivity index (χ4v) is 5.11. The van der Waals surface area contributed by atoms with Crippen LogP contribution < -0.4 is 14.8 Å². The van der Waals surface area contributed by atoms with Crippen molar-refractivity contribution in [3.8, 4) is 11.5 Å². The van der Waals surface area contributed by atoms with Crippen LogP contribution in [0.1, 0.15) is 19.3 Å². The molecule has 3 rings (SSSR count). The lowest BCUT2D eigenvalue weighted by Crippen LogP contribution is -2.49. The van der Waals surface area contributed by atoms with Crippen LogP contribution in [0.25, 0.3) is 0 Å². The molecule has 0 saturated carbocycles. The van der Waals surface area contributed by atoms with Crippen molar-refractivity contribution >= 4 is 33.2 Å². The van der Waals surface area contributed by atoms with Crippen LogP contribution in [0.2, 0.25) is 5.02 Å². The molecule has 9 heteroatoms. The van der Waals surface area contributed by atoms with E-state index >= 15 is 0 Å². The maximum atomic E-state index is 13.1. The third kappa shape index (κ3) is 4.66. The first-order chi connectivity index (χ1) is 13.9. The molecule has 156 valence electrons. The highest BCUT2D eigenvalue weighted by Gasteiger charge is 2.37. The van der Waals surface area contributed by atoms with Gasteiger partial charge >= 0.3 is 0 Å². The summed E-state index contributed by atoms with van der Waals surface area (Å²) in [5, 5.41) is 3.24. The van der Waals surface area contributed by atoms with Crippen LogP contribution in [0.15, 0.2) is 47.4 Å². The van der Waals surface area contributed by atoms with Crippen molar-refractivity contribution < 1.29 is 22.7 Å². The van der Waals surface area contributed by atoms with Crippen LogP contribution in [0, 0.1) is 0 Å². The lowest BCUT2D eigenvalue weighted by molar-refractivity contribution is -0.120. The molecule has 1 aliphatic rings. The van der Waals surface area contributed by atoms with E-state index in [0.717, 1.165) is 6.42 Å². The number of sulfonamides is 1. The summed E-state index contributed by atoms with van der Waals surface area (Å²) in [6.45, 7) is 0.276. The van der Waals surface area contributed by atoms with Crippen LogP contribution in [0.3, 0.4) is 0 Å². The number of anilines is 1. The van der Waals surface area contributed by atoms with Gasteiger partial charge in [0.25, 0.3) is 0 Å². The SMILES string of the molecule is COc1ccc(OC)c(NC(=O)[C@H]2CCCCN2S(=O)(=O)c2ccc(Cl)cc2)c1. The van der Waals surface area contributed by atoms with Gasteiger partial charge in [-0.1, -0.05) is 18.0 Å². The van der Waals surface area contributed by atoms with Crippen molar-refractivity contribution in [1.82, 2.24) is 4.31 Å². The highest BCUT2D eigenvalue weighted by atomic mass is 35.5. The fraction of sp³-hybridized carbons (Fsp3) is 0.350. The average Bonchev–Trinajstić information content (AvgIpc) is 2.74. The molecule has 0 aromatic heterocycles. The van der Waals surface area contributed by atoms with Gasteiger partial charge < -0.3 is 14.8 Å². The number of benzene rings is 2. The molecule has 0 aliphatic carbocycles. The summed E-state index contributed by atoms with van der Waals surface area (Å²) >= 11 is 5.88. The molecular formula is C20H23ClN2O5S. The van der Waals surface area contributed by atoms with Gasteiger partial charge in [-0.25, -0.2) is 8.42 Å². The summed E-state index contributed by atoms with van der Waals surface area (Å²) in [4.78, 5) is 13.2. The van der Waals surface area contributed by atoms with E-state index in [2.05, 4.69) is 5.32 Å². The summed E-state index contributed by atoms with van der Waals surface area (Å²) in [5.74, 6) is 0.603. The van der Waals surface area contributed by atoms with E-state index in [0.29, 0.717) is 35.1 Å². The zero-order valence-corrected chi connectivity index (χ0v) is 17.8. The molecule has 1 heterocycles. The Bertz CT molecular complexity index is 979. The number of halogens is 1. The van der Waals surface area contributed by atoms with Gasteiger partial charge in [0.2, 0.25) is 15.9 Å². The van der Waals surface area contributed by atoms with Gasteiger partial charge in [0.05, 0.1) is 24.8 Å². The summed E-state index contributed by atoms with van der Waals surface area (Å²) in [6.07, 6.45) is 1.89. The second-order valence-electron chi connectivity index (χ2n) is 6.64. The molecule has 0 bridgehead atoms. The van der Waals surface area contributed by atoms with Crippen LogP contribution in [-0.2, 0) is 14.8 Å². The predicted octanol–water partition coefficient (Wildman–Crippen LogP) is 3.54. The van der Waals surface area contributed by atoms with Crippen LogP contribution in [0.4, 0.5) is 5.69 Å². The summed E-state index contributed by atoms with van der Waals surface area (Å²) in [7, 11) is -0.818. The van der Waals surface area contributed by atoms with Gasteiger partial charge in [-0.3, -0.25) is 4.79 Å². The molecular weight excluding hydrogens is 416 g/mol. The van der Waals surface area contributed by atoms with Gasteiger partial charge in [0.15, 0.2) is 0 Å². The molecule has 1 atom stereocenters. The van der Waals surface area contributed by atoms with E-state index in [-0.39, 0.29) is 11.4 Å². The zero-order valence-electron chi connectivity index (χ0n) is 16.2. The molecule has 2 aromatic rings. The first-order valence-corrected chi connectivity index (χ1v) is 11.0. The van der Waals surface area contributed by atoms with Crippen molar-refractivity contribution in [2.24, 2.45) is 0 Å². The maximum absolute atomic E-state index is 13.1. The number of rotatable bonds is 6. The third-order valence-corrected chi connectivity index (χ3v) is 7.02. The Kier molecular flexibility index (Phi) is 6.66. The van der Waals surface area contributed by atoms with Gasteiger partial charge in [-0.15, -0.1) is 0 Å². The van der Waals surface area contributed by atoms with E-state index in [1.807, 2.05) is 0 Å². The van der Waals surface area contributed by atoms with Gasteiger partial charge in [-0.2, -0.15) is 4.31 Å². The first-order valence-electron chi connectivity index (χ1n) is 9.17. The van der Waals surface area contributed by atoms with Gasteiger partial charge in [-0.05, 0) is 49.2 Å². The number of piperidine rings is 1. The Morgan fingerprint density at radius 3 is 2.48 bits per heavy atom. The quantitative estimate of drug-likeness (QED) is 0.745.